The van der Waals surface area contributed by atoms with Crippen molar-refractivity contribution in [3.05, 3.63) is 47.3 Å². The molecule has 2 aromatic rings. The highest BCUT2D eigenvalue weighted by atomic mass is 16.5. The van der Waals surface area contributed by atoms with E-state index in [0.717, 1.165) is 17.8 Å². The van der Waals surface area contributed by atoms with Gasteiger partial charge in [-0.15, -0.1) is 0 Å². The molecule has 0 aliphatic rings. The van der Waals surface area contributed by atoms with Crippen molar-refractivity contribution in [3.8, 4) is 5.75 Å². The minimum absolute atomic E-state index is 0.0410. The smallest absolute Gasteiger partial charge is 0.159 e. The van der Waals surface area contributed by atoms with E-state index in [1.807, 2.05) is 29.9 Å². The second-order valence-corrected chi connectivity index (χ2v) is 4.48. The van der Waals surface area contributed by atoms with Gasteiger partial charge in [0.1, 0.15) is 12.4 Å². The van der Waals surface area contributed by atoms with E-state index in [2.05, 4.69) is 12.0 Å². The first kappa shape index (κ1) is 13.3. The lowest BCUT2D eigenvalue weighted by Crippen LogP contribution is -2.03. The van der Waals surface area contributed by atoms with Gasteiger partial charge in [-0.2, -0.15) is 5.10 Å². The summed E-state index contributed by atoms with van der Waals surface area (Å²) in [5.41, 5.74) is 2.74. The number of hydrogen-bond donors (Lipinski definition) is 0. The average molecular weight is 258 g/mol. The van der Waals surface area contributed by atoms with Gasteiger partial charge in [-0.05, 0) is 31.5 Å². The van der Waals surface area contributed by atoms with E-state index in [4.69, 9.17) is 4.74 Å². The molecule has 0 radical (unpaired) electrons. The summed E-state index contributed by atoms with van der Waals surface area (Å²) in [5, 5.41) is 4.37. The lowest BCUT2D eigenvalue weighted by Gasteiger charge is -2.07. The van der Waals surface area contributed by atoms with Crippen LogP contribution in [0.25, 0.3) is 0 Å². The highest BCUT2D eigenvalue weighted by Gasteiger charge is 2.06. The normalized spacial score (nSPS) is 10.5. The van der Waals surface area contributed by atoms with Gasteiger partial charge in [0, 0.05) is 12.6 Å². The van der Waals surface area contributed by atoms with Crippen LogP contribution in [0.2, 0.25) is 0 Å². The molecule has 0 spiro atoms. The number of carbonyl (C=O) groups excluding carboxylic acids is 1. The molecule has 0 N–H and O–H groups in total. The van der Waals surface area contributed by atoms with Crippen molar-refractivity contribution in [2.75, 3.05) is 0 Å². The number of Topliss-reactive ketones (excluding diaryl/α,β-unsaturated/α-hetero) is 1. The topological polar surface area (TPSA) is 44.1 Å². The van der Waals surface area contributed by atoms with Gasteiger partial charge in [0.25, 0.3) is 0 Å². The van der Waals surface area contributed by atoms with Gasteiger partial charge >= 0.3 is 0 Å². The molecule has 100 valence electrons. The Hall–Kier alpha value is -2.10. The number of ether oxygens (including phenoxy) is 1. The standard InChI is InChI=1S/C15H18N2O2/c1-4-13-9-14(17(3)16-13)10-19-15-7-5-6-12(8-15)11(2)18/h5-9H,4,10H2,1-3H3. The van der Waals surface area contributed by atoms with E-state index in [1.165, 1.54) is 0 Å². The predicted molar refractivity (Wildman–Crippen MR) is 73.4 cm³/mol. The maximum Gasteiger partial charge on any atom is 0.159 e. The molecule has 4 heteroatoms. The van der Waals surface area contributed by atoms with Crippen molar-refractivity contribution in [1.82, 2.24) is 9.78 Å². The Balaban J connectivity index is 2.07. The van der Waals surface area contributed by atoms with Crippen LogP contribution in [-0.2, 0) is 20.1 Å². The quantitative estimate of drug-likeness (QED) is 0.775. The second-order valence-electron chi connectivity index (χ2n) is 4.48. The Morgan fingerprint density at radius 3 is 2.79 bits per heavy atom. The maximum absolute atomic E-state index is 11.3. The van der Waals surface area contributed by atoms with Crippen LogP contribution in [0.1, 0.15) is 35.6 Å². The van der Waals surface area contributed by atoms with Crippen LogP contribution in [0.15, 0.2) is 30.3 Å². The fourth-order valence-corrected chi connectivity index (χ4v) is 1.84. The molecule has 0 atom stereocenters. The first-order valence-electron chi connectivity index (χ1n) is 6.35. The summed E-state index contributed by atoms with van der Waals surface area (Å²) in [6, 6.07) is 9.26. The largest absolute Gasteiger partial charge is 0.487 e. The Kier molecular flexibility index (Phi) is 4.00. The number of carbonyl (C=O) groups is 1. The summed E-state index contributed by atoms with van der Waals surface area (Å²) in [5.74, 6) is 0.742. The Morgan fingerprint density at radius 1 is 1.37 bits per heavy atom. The van der Waals surface area contributed by atoms with E-state index >= 15 is 0 Å². The van der Waals surface area contributed by atoms with Crippen LogP contribution in [0.3, 0.4) is 0 Å². The summed E-state index contributed by atoms with van der Waals surface area (Å²) < 4.78 is 7.54. The molecular formula is C15H18N2O2. The number of rotatable bonds is 5. The van der Waals surface area contributed by atoms with Gasteiger partial charge in [-0.1, -0.05) is 19.1 Å². The molecular weight excluding hydrogens is 240 g/mol. The fraction of sp³-hybridized carbons (Fsp3) is 0.333. The molecule has 19 heavy (non-hydrogen) atoms. The zero-order chi connectivity index (χ0) is 13.8. The maximum atomic E-state index is 11.3. The van der Waals surface area contributed by atoms with Crippen molar-refractivity contribution in [2.45, 2.75) is 26.9 Å². The Bertz CT molecular complexity index is 588. The molecule has 0 fully saturated rings. The third-order valence-electron chi connectivity index (χ3n) is 3.02. The van der Waals surface area contributed by atoms with Crippen LogP contribution in [0.5, 0.6) is 5.75 Å². The number of nitrogens with zero attached hydrogens (tertiary/aromatic N) is 2. The predicted octanol–water partition coefficient (Wildman–Crippen LogP) is 2.76. The van der Waals surface area contributed by atoms with Crippen molar-refractivity contribution in [3.63, 3.8) is 0 Å². The van der Waals surface area contributed by atoms with Gasteiger partial charge < -0.3 is 4.74 Å². The van der Waals surface area contributed by atoms with Crippen molar-refractivity contribution < 1.29 is 9.53 Å². The average Bonchev–Trinajstić information content (AvgIpc) is 2.77. The van der Waals surface area contributed by atoms with Gasteiger partial charge in [-0.3, -0.25) is 9.48 Å². The fourth-order valence-electron chi connectivity index (χ4n) is 1.84. The molecule has 0 aliphatic heterocycles. The number of hydrogen-bond acceptors (Lipinski definition) is 3. The molecule has 0 unspecified atom stereocenters. The molecule has 0 saturated carbocycles. The van der Waals surface area contributed by atoms with Crippen LogP contribution >= 0.6 is 0 Å². The molecule has 1 aromatic carbocycles. The number of aryl methyl sites for hydroxylation is 2. The molecule has 1 aromatic heterocycles. The lowest BCUT2D eigenvalue weighted by molar-refractivity contribution is 0.101. The summed E-state index contributed by atoms with van der Waals surface area (Å²) in [6.45, 7) is 4.07. The van der Waals surface area contributed by atoms with Crippen molar-refractivity contribution >= 4 is 5.78 Å². The van der Waals surface area contributed by atoms with Crippen LogP contribution in [0, 0.1) is 0 Å². The van der Waals surface area contributed by atoms with E-state index in [1.54, 1.807) is 19.1 Å². The Morgan fingerprint density at radius 2 is 2.16 bits per heavy atom. The van der Waals surface area contributed by atoms with Gasteiger partial charge in [-0.25, -0.2) is 0 Å². The molecule has 0 saturated heterocycles. The number of benzene rings is 1. The highest BCUT2D eigenvalue weighted by molar-refractivity contribution is 5.94. The van der Waals surface area contributed by atoms with Crippen LogP contribution in [-0.4, -0.2) is 15.6 Å². The Labute approximate surface area is 113 Å². The first-order chi connectivity index (χ1) is 9.10. The van der Waals surface area contributed by atoms with E-state index in [9.17, 15) is 4.79 Å². The highest BCUT2D eigenvalue weighted by Crippen LogP contribution is 2.16. The minimum atomic E-state index is 0.0410. The number of ketones is 1. The van der Waals surface area contributed by atoms with E-state index in [-0.39, 0.29) is 5.78 Å². The molecule has 0 amide bonds. The SMILES string of the molecule is CCc1cc(COc2cccc(C(C)=O)c2)n(C)n1. The monoisotopic (exact) mass is 258 g/mol. The lowest BCUT2D eigenvalue weighted by atomic mass is 10.1. The second kappa shape index (κ2) is 5.69. The zero-order valence-electron chi connectivity index (χ0n) is 11.5. The van der Waals surface area contributed by atoms with E-state index in [0.29, 0.717) is 17.9 Å². The molecule has 0 aliphatic carbocycles. The van der Waals surface area contributed by atoms with Crippen LogP contribution in [0.4, 0.5) is 0 Å². The number of aromatic nitrogens is 2. The third kappa shape index (κ3) is 3.22. The van der Waals surface area contributed by atoms with Crippen molar-refractivity contribution in [2.24, 2.45) is 7.05 Å². The molecule has 1 heterocycles. The summed E-state index contributed by atoms with van der Waals surface area (Å²) >= 11 is 0. The zero-order valence-corrected chi connectivity index (χ0v) is 11.5. The van der Waals surface area contributed by atoms with Gasteiger partial charge in [0.05, 0.1) is 11.4 Å². The van der Waals surface area contributed by atoms with Gasteiger partial charge in [0.2, 0.25) is 0 Å². The molecule has 0 bridgehead atoms. The van der Waals surface area contributed by atoms with Crippen LogP contribution < -0.4 is 4.74 Å². The summed E-state index contributed by atoms with van der Waals surface area (Å²) in [4.78, 5) is 11.3. The van der Waals surface area contributed by atoms with Gasteiger partial charge in [0.15, 0.2) is 5.78 Å². The van der Waals surface area contributed by atoms with E-state index < -0.39 is 0 Å². The minimum Gasteiger partial charge on any atom is -0.487 e. The molecule has 2 rings (SSSR count). The van der Waals surface area contributed by atoms with Crippen molar-refractivity contribution in [1.29, 1.82) is 0 Å². The first-order valence-corrected chi connectivity index (χ1v) is 6.35. The third-order valence-corrected chi connectivity index (χ3v) is 3.02. The summed E-state index contributed by atoms with van der Waals surface area (Å²) in [7, 11) is 1.91. The molecule has 4 nitrogen and oxygen atoms in total. The summed E-state index contributed by atoms with van der Waals surface area (Å²) in [6.07, 6.45) is 0.910.